The zero-order chi connectivity index (χ0) is 41.1. The van der Waals surface area contributed by atoms with Crippen LogP contribution in [0.15, 0.2) is 200 Å². The minimum absolute atomic E-state index is 0.134. The van der Waals surface area contributed by atoms with Gasteiger partial charge in [0.05, 0.1) is 8.22 Å². The highest BCUT2D eigenvalue weighted by molar-refractivity contribution is 6.06. The van der Waals surface area contributed by atoms with E-state index >= 15 is 0 Å². The van der Waals surface area contributed by atoms with Crippen LogP contribution in [0.4, 0.5) is 0 Å². The van der Waals surface area contributed by atoms with Gasteiger partial charge in [0.25, 0.3) is 0 Å². The first-order chi connectivity index (χ1) is 29.3. The van der Waals surface area contributed by atoms with E-state index in [4.69, 9.17) is 20.4 Å². The molecule has 0 aliphatic carbocycles. The molecule has 0 aliphatic rings. The molecule has 10 aromatic rings. The summed E-state index contributed by atoms with van der Waals surface area (Å²) in [6.45, 7) is 0. The molecule has 0 radical (unpaired) electrons. The summed E-state index contributed by atoms with van der Waals surface area (Å²) in [4.78, 5) is 15.4. The molecule has 1 aromatic heterocycles. The van der Waals surface area contributed by atoms with Crippen molar-refractivity contribution in [2.75, 3.05) is 0 Å². The second-order valence-electron chi connectivity index (χ2n) is 13.1. The summed E-state index contributed by atoms with van der Waals surface area (Å²) in [7, 11) is 0. The maximum absolute atomic E-state index is 9.42. The lowest BCUT2D eigenvalue weighted by Crippen LogP contribution is -2.01. The largest absolute Gasteiger partial charge is 0.208 e. The van der Waals surface area contributed by atoms with E-state index in [0.717, 1.165) is 43.8 Å². The van der Waals surface area contributed by atoms with Crippen molar-refractivity contribution < 1.29 is 8.22 Å². The fraction of sp³-hybridized carbons (Fsp3) is 0. The van der Waals surface area contributed by atoms with Crippen molar-refractivity contribution in [3.63, 3.8) is 0 Å². The highest BCUT2D eigenvalue weighted by Gasteiger charge is 2.18. The van der Waals surface area contributed by atoms with E-state index in [-0.39, 0.29) is 46.1 Å². The molecular formula is C51H33N3. The molecule has 0 amide bonds. The van der Waals surface area contributed by atoms with Gasteiger partial charge in [-0.05, 0) is 77.8 Å². The normalized spacial score (nSPS) is 12.9. The van der Waals surface area contributed by atoms with Crippen molar-refractivity contribution in [1.29, 1.82) is 0 Å². The number of nitrogens with zero attached hydrogens (tertiary/aromatic N) is 3. The van der Waals surface area contributed by atoms with Crippen LogP contribution in [0.5, 0.6) is 0 Å². The summed E-state index contributed by atoms with van der Waals surface area (Å²) in [5.74, 6) is 1.34. The molecule has 10 rings (SSSR count). The Bertz CT molecular complexity index is 3330. The first-order valence-corrected chi connectivity index (χ1v) is 17.8. The summed E-state index contributed by atoms with van der Waals surface area (Å²) in [5.41, 5.74) is 6.07. The first kappa shape index (κ1) is 25.7. The molecular weight excluding hydrogens is 655 g/mol. The number of rotatable bonds is 6. The molecule has 0 atom stereocenters. The molecule has 0 N–H and O–H groups in total. The number of aromatic nitrogens is 3. The summed E-state index contributed by atoms with van der Waals surface area (Å²) in [6, 6.07) is 51.6. The Morgan fingerprint density at radius 1 is 0.296 bits per heavy atom. The zero-order valence-electron chi connectivity index (χ0n) is 34.9. The van der Waals surface area contributed by atoms with Crippen LogP contribution in [0.25, 0.3) is 99.9 Å². The Kier molecular flexibility index (Phi) is 6.37. The van der Waals surface area contributed by atoms with Gasteiger partial charge in [-0.15, -0.1) is 0 Å². The van der Waals surface area contributed by atoms with Crippen molar-refractivity contribution in [2.45, 2.75) is 0 Å². The molecule has 9 aromatic carbocycles. The minimum Gasteiger partial charge on any atom is -0.208 e. The predicted octanol–water partition coefficient (Wildman–Crippen LogP) is 13.3. The average Bonchev–Trinajstić information content (AvgIpc) is 3.30. The molecule has 0 unspecified atom stereocenters. The predicted molar refractivity (Wildman–Crippen MR) is 225 cm³/mol. The molecule has 0 saturated heterocycles. The monoisotopic (exact) mass is 693 g/mol. The van der Waals surface area contributed by atoms with E-state index in [9.17, 15) is 2.74 Å². The summed E-state index contributed by atoms with van der Waals surface area (Å²) in [5, 5.41) is 4.44. The van der Waals surface area contributed by atoms with E-state index < -0.39 is 12.1 Å². The maximum Gasteiger partial charge on any atom is 0.164 e. The smallest absolute Gasteiger partial charge is 0.164 e. The third-order valence-electron chi connectivity index (χ3n) is 9.89. The molecule has 1 heterocycles. The van der Waals surface area contributed by atoms with Gasteiger partial charge in [-0.1, -0.05) is 188 Å². The highest BCUT2D eigenvalue weighted by Crippen LogP contribution is 2.39. The fourth-order valence-corrected chi connectivity index (χ4v) is 7.32. The summed E-state index contributed by atoms with van der Waals surface area (Å²) < 4.78 is 54.1. The Balaban J connectivity index is 1.23. The van der Waals surface area contributed by atoms with Crippen LogP contribution < -0.4 is 0 Å². The molecule has 54 heavy (non-hydrogen) atoms. The second-order valence-corrected chi connectivity index (χ2v) is 13.1. The van der Waals surface area contributed by atoms with Gasteiger partial charge in [0, 0.05) is 16.7 Å². The SMILES string of the molecule is [2H]c1c([2H])c([2H])c2c(-c3cccc(-c4nc(-c5cccc6ccccc56)nc(-c5ccc(-c6ccccc6)c6ccccc56)n4)c3)c([2H])c([2H])c(-c3ccccc3)c2c1[2H]. The molecule has 3 nitrogen and oxygen atoms in total. The molecule has 252 valence electrons. The van der Waals surface area contributed by atoms with E-state index in [1.54, 1.807) is 18.2 Å². The Morgan fingerprint density at radius 3 is 1.46 bits per heavy atom. The first-order valence-electron chi connectivity index (χ1n) is 20.8. The number of fused-ring (bicyclic) bond motifs is 3. The van der Waals surface area contributed by atoms with Crippen molar-refractivity contribution in [3.05, 3.63) is 200 Å². The van der Waals surface area contributed by atoms with Crippen molar-refractivity contribution in [2.24, 2.45) is 0 Å². The molecule has 0 aliphatic heterocycles. The van der Waals surface area contributed by atoms with Gasteiger partial charge in [0.15, 0.2) is 17.5 Å². The minimum atomic E-state index is -0.409. The van der Waals surface area contributed by atoms with Gasteiger partial charge < -0.3 is 0 Å². The molecule has 0 bridgehead atoms. The van der Waals surface area contributed by atoms with Crippen LogP contribution in [-0.2, 0) is 0 Å². The van der Waals surface area contributed by atoms with Gasteiger partial charge in [-0.3, -0.25) is 0 Å². The van der Waals surface area contributed by atoms with Gasteiger partial charge in [0.2, 0.25) is 0 Å². The number of hydrogen-bond donors (Lipinski definition) is 0. The van der Waals surface area contributed by atoms with Gasteiger partial charge in [-0.25, -0.2) is 15.0 Å². The van der Waals surface area contributed by atoms with Gasteiger partial charge in [0.1, 0.15) is 0 Å². The fourth-order valence-electron chi connectivity index (χ4n) is 7.32. The Hall–Kier alpha value is -7.23. The molecule has 0 spiro atoms. The van der Waals surface area contributed by atoms with Crippen LogP contribution in [0.3, 0.4) is 0 Å². The Morgan fingerprint density at radius 2 is 0.759 bits per heavy atom. The maximum atomic E-state index is 9.42. The van der Waals surface area contributed by atoms with Crippen LogP contribution in [-0.4, -0.2) is 15.0 Å². The lowest BCUT2D eigenvalue weighted by atomic mass is 9.91. The van der Waals surface area contributed by atoms with Crippen molar-refractivity contribution in [1.82, 2.24) is 15.0 Å². The van der Waals surface area contributed by atoms with Crippen LogP contribution in [0.1, 0.15) is 8.22 Å². The third-order valence-corrected chi connectivity index (χ3v) is 9.89. The zero-order valence-corrected chi connectivity index (χ0v) is 28.9. The van der Waals surface area contributed by atoms with Crippen molar-refractivity contribution in [3.8, 4) is 67.5 Å². The summed E-state index contributed by atoms with van der Waals surface area (Å²) >= 11 is 0. The van der Waals surface area contributed by atoms with E-state index in [1.165, 1.54) is 0 Å². The van der Waals surface area contributed by atoms with Crippen LogP contribution >= 0.6 is 0 Å². The molecule has 3 heteroatoms. The topological polar surface area (TPSA) is 38.7 Å². The summed E-state index contributed by atoms with van der Waals surface area (Å²) in [6.07, 6.45) is 0. The molecule has 0 saturated carbocycles. The second kappa shape index (κ2) is 13.4. The molecule has 0 fully saturated rings. The van der Waals surface area contributed by atoms with Gasteiger partial charge >= 0.3 is 0 Å². The highest BCUT2D eigenvalue weighted by atomic mass is 15.0. The number of hydrogen-bond acceptors (Lipinski definition) is 3. The third kappa shape index (κ3) is 5.60. The number of benzene rings is 9. The van der Waals surface area contributed by atoms with Gasteiger partial charge in [-0.2, -0.15) is 0 Å². The average molecular weight is 694 g/mol. The van der Waals surface area contributed by atoms with Crippen LogP contribution in [0.2, 0.25) is 0 Å². The van der Waals surface area contributed by atoms with E-state index in [2.05, 4.69) is 54.6 Å². The lowest BCUT2D eigenvalue weighted by Gasteiger charge is -2.15. The lowest BCUT2D eigenvalue weighted by molar-refractivity contribution is 1.08. The standard InChI is InChI=1S/C51H33N3/c1-3-15-34(16-4-1)40-29-30-42(45-26-10-9-24-43(40)45)37-21-13-22-38(33-37)49-52-50(47-28-14-20-36-19-7-8-23-39(36)47)54-51(53-49)48-32-31-41(35-17-5-2-6-18-35)44-25-11-12-27-46(44)48/h1-33H/i9D,10D,24D,26D,29D,30D. The van der Waals surface area contributed by atoms with Crippen molar-refractivity contribution >= 4 is 32.3 Å². The van der Waals surface area contributed by atoms with Crippen LogP contribution in [0, 0.1) is 0 Å². The van der Waals surface area contributed by atoms with E-state index in [0.29, 0.717) is 34.2 Å². The Labute approximate surface area is 322 Å². The van der Waals surface area contributed by atoms with E-state index in [1.807, 2.05) is 91.0 Å². The quantitative estimate of drug-likeness (QED) is 0.174.